The summed E-state index contributed by atoms with van der Waals surface area (Å²) in [7, 11) is 0. The van der Waals surface area contributed by atoms with Crippen molar-refractivity contribution in [1.29, 1.82) is 0 Å². The molecule has 2 rings (SSSR count). The third kappa shape index (κ3) is 5.42. The van der Waals surface area contributed by atoms with Gasteiger partial charge in [0, 0.05) is 25.5 Å². The monoisotopic (exact) mass is 329 g/mol. The van der Waals surface area contributed by atoms with Gasteiger partial charge in [-0.2, -0.15) is 0 Å². The Bertz CT molecular complexity index is 669. The van der Waals surface area contributed by atoms with Crippen LogP contribution in [0.4, 0.5) is 4.79 Å². The molecule has 1 heterocycles. The number of hydrogen-bond donors (Lipinski definition) is 3. The molecule has 3 amide bonds. The molecule has 2 aromatic rings. The third-order valence-electron chi connectivity index (χ3n) is 3.74. The van der Waals surface area contributed by atoms with Crippen LogP contribution >= 0.6 is 0 Å². The van der Waals surface area contributed by atoms with E-state index in [0.29, 0.717) is 6.54 Å². The smallest absolute Gasteiger partial charge is 0.312 e. The number of carbonyl (C=O) groups is 2. The summed E-state index contributed by atoms with van der Waals surface area (Å²) >= 11 is 0. The van der Waals surface area contributed by atoms with Gasteiger partial charge in [0.2, 0.25) is 5.91 Å². The molecule has 0 saturated carbocycles. The van der Waals surface area contributed by atoms with Gasteiger partial charge in [-0.3, -0.25) is 4.79 Å². The maximum Gasteiger partial charge on any atom is 0.312 e. The van der Waals surface area contributed by atoms with Gasteiger partial charge in [0.1, 0.15) is 0 Å². The summed E-state index contributed by atoms with van der Waals surface area (Å²) in [6.45, 7) is 3.29. The molecule has 0 spiro atoms. The molecule has 0 aliphatic heterocycles. The van der Waals surface area contributed by atoms with Gasteiger partial charge in [0.15, 0.2) is 0 Å². The number of rotatable bonds is 8. The predicted octanol–water partition coefficient (Wildman–Crippen LogP) is 1.50. The van der Waals surface area contributed by atoms with Crippen LogP contribution in [-0.2, 0) is 11.3 Å². The minimum Gasteiger partial charge on any atom is -0.356 e. The molecule has 1 aromatic heterocycles. The molecule has 0 fully saturated rings. The number of amides is 3. The van der Waals surface area contributed by atoms with Gasteiger partial charge in [-0.15, -0.1) is 0 Å². The number of benzene rings is 1. The van der Waals surface area contributed by atoms with E-state index in [1.807, 2.05) is 42.0 Å². The van der Waals surface area contributed by atoms with E-state index in [9.17, 15) is 9.59 Å². The molecule has 0 radical (unpaired) electrons. The average molecular weight is 329 g/mol. The second kappa shape index (κ2) is 8.71. The number of aromatic nitrogens is 2. The van der Waals surface area contributed by atoms with Crippen molar-refractivity contribution in [2.24, 2.45) is 5.73 Å². The molecule has 128 valence electrons. The van der Waals surface area contributed by atoms with Crippen molar-refractivity contribution < 1.29 is 9.59 Å². The van der Waals surface area contributed by atoms with Crippen LogP contribution < -0.4 is 16.4 Å². The number of carbonyl (C=O) groups excluding carboxylic acids is 2. The summed E-state index contributed by atoms with van der Waals surface area (Å²) < 4.78 is 1.96. The van der Waals surface area contributed by atoms with E-state index in [4.69, 9.17) is 5.73 Å². The summed E-state index contributed by atoms with van der Waals surface area (Å²) in [5.74, 6) is -0.123. The Kier molecular flexibility index (Phi) is 6.36. The molecule has 4 N–H and O–H groups in total. The SMILES string of the molecule is Cc1ccccc1C(CC(=O)NCCCn1ccnc1)NC(N)=O. The number of nitrogens with two attached hydrogens (primary N) is 1. The fourth-order valence-corrected chi connectivity index (χ4v) is 2.55. The molecule has 1 unspecified atom stereocenters. The summed E-state index contributed by atoms with van der Waals surface area (Å²) in [5.41, 5.74) is 7.14. The van der Waals surface area contributed by atoms with Crippen LogP contribution in [0, 0.1) is 6.92 Å². The summed E-state index contributed by atoms with van der Waals surface area (Å²) in [4.78, 5) is 27.4. The highest BCUT2D eigenvalue weighted by Gasteiger charge is 2.18. The zero-order chi connectivity index (χ0) is 17.4. The standard InChI is InChI=1S/C17H23N5O2/c1-13-5-2-3-6-14(13)15(21-17(18)24)11-16(23)20-7-4-9-22-10-8-19-12-22/h2-3,5-6,8,10,12,15H,4,7,9,11H2,1H3,(H,20,23)(H3,18,21,24). The average Bonchev–Trinajstić information content (AvgIpc) is 3.04. The number of aryl methyl sites for hydroxylation is 2. The molecule has 24 heavy (non-hydrogen) atoms. The van der Waals surface area contributed by atoms with Crippen molar-refractivity contribution in [1.82, 2.24) is 20.2 Å². The fraction of sp³-hybridized carbons (Fsp3) is 0.353. The number of hydrogen-bond acceptors (Lipinski definition) is 3. The highest BCUT2D eigenvalue weighted by Crippen LogP contribution is 2.20. The number of imidazole rings is 1. The Balaban J connectivity index is 1.85. The van der Waals surface area contributed by atoms with E-state index in [2.05, 4.69) is 15.6 Å². The van der Waals surface area contributed by atoms with Crippen molar-refractivity contribution in [3.8, 4) is 0 Å². The lowest BCUT2D eigenvalue weighted by molar-refractivity contribution is -0.121. The lowest BCUT2D eigenvalue weighted by atomic mass is 9.98. The van der Waals surface area contributed by atoms with E-state index in [1.165, 1.54) is 0 Å². The molecule has 0 bridgehead atoms. The summed E-state index contributed by atoms with van der Waals surface area (Å²) in [6.07, 6.45) is 6.31. The molecule has 0 aliphatic rings. The molecular weight excluding hydrogens is 306 g/mol. The molecule has 7 nitrogen and oxygen atoms in total. The van der Waals surface area contributed by atoms with Crippen molar-refractivity contribution in [2.45, 2.75) is 32.4 Å². The minimum absolute atomic E-state index is 0.123. The van der Waals surface area contributed by atoms with Crippen LogP contribution in [0.5, 0.6) is 0 Å². The minimum atomic E-state index is -0.642. The Labute approximate surface area is 141 Å². The maximum absolute atomic E-state index is 12.2. The van der Waals surface area contributed by atoms with Crippen molar-refractivity contribution in [3.63, 3.8) is 0 Å². The van der Waals surface area contributed by atoms with Gasteiger partial charge in [0.05, 0.1) is 18.8 Å². The van der Waals surface area contributed by atoms with Crippen LogP contribution in [0.1, 0.15) is 30.0 Å². The van der Waals surface area contributed by atoms with E-state index in [1.54, 1.807) is 12.5 Å². The van der Waals surface area contributed by atoms with Gasteiger partial charge in [-0.25, -0.2) is 9.78 Å². The zero-order valence-electron chi connectivity index (χ0n) is 13.7. The Hall–Kier alpha value is -2.83. The van der Waals surface area contributed by atoms with Crippen LogP contribution in [0.2, 0.25) is 0 Å². The van der Waals surface area contributed by atoms with Crippen LogP contribution in [0.3, 0.4) is 0 Å². The largest absolute Gasteiger partial charge is 0.356 e. The van der Waals surface area contributed by atoms with Crippen molar-refractivity contribution >= 4 is 11.9 Å². The first-order valence-corrected chi connectivity index (χ1v) is 7.90. The van der Waals surface area contributed by atoms with E-state index in [-0.39, 0.29) is 12.3 Å². The first-order chi connectivity index (χ1) is 11.6. The molecule has 7 heteroatoms. The quantitative estimate of drug-likeness (QED) is 0.639. The molecule has 0 saturated heterocycles. The number of nitrogens with one attached hydrogen (secondary N) is 2. The highest BCUT2D eigenvalue weighted by molar-refractivity contribution is 5.78. The normalized spacial score (nSPS) is 11.7. The van der Waals surface area contributed by atoms with Crippen LogP contribution in [0.15, 0.2) is 43.0 Å². The summed E-state index contributed by atoms with van der Waals surface area (Å²) in [6, 6.07) is 6.54. The predicted molar refractivity (Wildman–Crippen MR) is 91.1 cm³/mol. The molecule has 1 aromatic carbocycles. The fourth-order valence-electron chi connectivity index (χ4n) is 2.55. The first-order valence-electron chi connectivity index (χ1n) is 7.90. The Morgan fingerprint density at radius 2 is 2.12 bits per heavy atom. The molecular formula is C17H23N5O2. The lowest BCUT2D eigenvalue weighted by Crippen LogP contribution is -2.37. The highest BCUT2D eigenvalue weighted by atomic mass is 16.2. The van der Waals surface area contributed by atoms with Crippen LogP contribution in [0.25, 0.3) is 0 Å². The number of nitrogens with zero attached hydrogens (tertiary/aromatic N) is 2. The van der Waals surface area contributed by atoms with Crippen LogP contribution in [-0.4, -0.2) is 28.0 Å². The van der Waals surface area contributed by atoms with Gasteiger partial charge in [-0.1, -0.05) is 24.3 Å². The number of urea groups is 1. The van der Waals surface area contributed by atoms with Gasteiger partial charge < -0.3 is 20.9 Å². The maximum atomic E-state index is 12.2. The van der Waals surface area contributed by atoms with E-state index in [0.717, 1.165) is 24.1 Å². The third-order valence-corrected chi connectivity index (χ3v) is 3.74. The summed E-state index contributed by atoms with van der Waals surface area (Å²) in [5, 5.41) is 5.52. The van der Waals surface area contributed by atoms with Crippen molar-refractivity contribution in [2.75, 3.05) is 6.54 Å². The molecule has 0 aliphatic carbocycles. The Morgan fingerprint density at radius 1 is 1.33 bits per heavy atom. The van der Waals surface area contributed by atoms with E-state index >= 15 is 0 Å². The second-order valence-corrected chi connectivity index (χ2v) is 5.63. The van der Waals surface area contributed by atoms with Crippen molar-refractivity contribution in [3.05, 3.63) is 54.1 Å². The van der Waals surface area contributed by atoms with Gasteiger partial charge in [0.25, 0.3) is 0 Å². The van der Waals surface area contributed by atoms with Gasteiger partial charge in [-0.05, 0) is 24.5 Å². The molecule has 1 atom stereocenters. The van der Waals surface area contributed by atoms with E-state index < -0.39 is 12.1 Å². The zero-order valence-corrected chi connectivity index (χ0v) is 13.7. The van der Waals surface area contributed by atoms with Gasteiger partial charge >= 0.3 is 6.03 Å². The lowest BCUT2D eigenvalue weighted by Gasteiger charge is -2.19. The topological polar surface area (TPSA) is 102 Å². The second-order valence-electron chi connectivity index (χ2n) is 5.63. The Morgan fingerprint density at radius 3 is 2.79 bits per heavy atom. The number of primary amides is 1. The first kappa shape index (κ1) is 17.5.